The average molecular weight is 347 g/mol. The quantitative estimate of drug-likeness (QED) is 0.663. The molecule has 0 aliphatic heterocycles. The highest BCUT2D eigenvalue weighted by Crippen LogP contribution is 2.22. The molecular formula is C18H16ClFN2O2. The van der Waals surface area contributed by atoms with Crippen LogP contribution < -0.4 is 5.32 Å². The molecule has 0 unspecified atom stereocenters. The number of aliphatic hydroxyl groups excluding tert-OH is 1. The molecule has 3 aromatic rings. The molecule has 0 spiro atoms. The van der Waals surface area contributed by atoms with Gasteiger partial charge in [0.1, 0.15) is 5.82 Å². The first-order chi connectivity index (χ1) is 11.5. The van der Waals surface area contributed by atoms with Gasteiger partial charge in [0.25, 0.3) is 0 Å². The third-order valence-electron chi connectivity index (χ3n) is 3.81. The van der Waals surface area contributed by atoms with Crippen LogP contribution in [0.3, 0.4) is 0 Å². The minimum atomic E-state index is -0.952. The maximum absolute atomic E-state index is 13.1. The Balaban J connectivity index is 1.61. The van der Waals surface area contributed by atoms with E-state index in [1.54, 1.807) is 24.4 Å². The van der Waals surface area contributed by atoms with E-state index in [2.05, 4.69) is 10.3 Å². The summed E-state index contributed by atoms with van der Waals surface area (Å²) in [6, 6.07) is 11.1. The molecule has 0 radical (unpaired) electrons. The van der Waals surface area contributed by atoms with E-state index in [1.165, 1.54) is 18.2 Å². The summed E-state index contributed by atoms with van der Waals surface area (Å²) in [4.78, 5) is 15.2. The summed E-state index contributed by atoms with van der Waals surface area (Å²) in [6.45, 7) is 0.0243. The number of benzene rings is 2. The number of aliphatic hydroxyl groups is 1. The molecule has 3 N–H and O–H groups in total. The van der Waals surface area contributed by atoms with Crippen LogP contribution in [-0.4, -0.2) is 22.5 Å². The van der Waals surface area contributed by atoms with E-state index in [1.807, 2.05) is 6.07 Å². The van der Waals surface area contributed by atoms with E-state index in [0.29, 0.717) is 10.6 Å². The predicted octanol–water partition coefficient (Wildman–Crippen LogP) is 3.35. The van der Waals surface area contributed by atoms with Crippen LogP contribution in [-0.2, 0) is 11.2 Å². The lowest BCUT2D eigenvalue weighted by Crippen LogP contribution is -2.29. The fraction of sp³-hybridized carbons (Fsp3) is 0.167. The van der Waals surface area contributed by atoms with Crippen molar-refractivity contribution in [2.75, 3.05) is 6.54 Å². The van der Waals surface area contributed by atoms with Crippen LogP contribution in [0.4, 0.5) is 4.39 Å². The van der Waals surface area contributed by atoms with Crippen LogP contribution in [0.5, 0.6) is 0 Å². The van der Waals surface area contributed by atoms with Gasteiger partial charge in [-0.1, -0.05) is 29.8 Å². The Bertz CT molecular complexity index is 878. The van der Waals surface area contributed by atoms with Gasteiger partial charge in [0.2, 0.25) is 5.91 Å². The zero-order chi connectivity index (χ0) is 17.1. The molecule has 0 aliphatic carbocycles. The first-order valence-electron chi connectivity index (χ1n) is 7.48. The molecular weight excluding hydrogens is 331 g/mol. The Morgan fingerprint density at radius 3 is 2.92 bits per heavy atom. The van der Waals surface area contributed by atoms with Crippen molar-refractivity contribution in [2.24, 2.45) is 0 Å². The molecule has 0 saturated carbocycles. The number of aromatic amines is 1. The highest BCUT2D eigenvalue weighted by atomic mass is 35.5. The van der Waals surface area contributed by atoms with E-state index < -0.39 is 11.9 Å². The minimum absolute atomic E-state index is 0.0243. The smallest absolute Gasteiger partial charge is 0.224 e. The Morgan fingerprint density at radius 2 is 2.12 bits per heavy atom. The van der Waals surface area contributed by atoms with Crippen LogP contribution in [0.25, 0.3) is 10.9 Å². The second-order valence-electron chi connectivity index (χ2n) is 5.56. The minimum Gasteiger partial charge on any atom is -0.387 e. The van der Waals surface area contributed by atoms with E-state index in [4.69, 9.17) is 11.6 Å². The second kappa shape index (κ2) is 7.03. The second-order valence-corrected chi connectivity index (χ2v) is 5.99. The third-order valence-corrected chi connectivity index (χ3v) is 4.04. The molecule has 0 fully saturated rings. The first-order valence-corrected chi connectivity index (χ1v) is 7.86. The maximum Gasteiger partial charge on any atom is 0.224 e. The Kier molecular flexibility index (Phi) is 4.83. The van der Waals surface area contributed by atoms with Gasteiger partial charge in [0.05, 0.1) is 12.5 Å². The Hall–Kier alpha value is -2.37. The van der Waals surface area contributed by atoms with Crippen molar-refractivity contribution in [3.63, 3.8) is 0 Å². The van der Waals surface area contributed by atoms with Gasteiger partial charge in [-0.05, 0) is 35.4 Å². The van der Waals surface area contributed by atoms with Gasteiger partial charge < -0.3 is 15.4 Å². The number of halogens is 2. The number of rotatable bonds is 5. The van der Waals surface area contributed by atoms with Gasteiger partial charge in [-0.2, -0.15) is 0 Å². The zero-order valence-electron chi connectivity index (χ0n) is 12.7. The van der Waals surface area contributed by atoms with Gasteiger partial charge >= 0.3 is 0 Å². The number of aromatic nitrogens is 1. The van der Waals surface area contributed by atoms with Crippen molar-refractivity contribution in [3.8, 4) is 0 Å². The average Bonchev–Trinajstić information content (AvgIpc) is 2.94. The number of hydrogen-bond donors (Lipinski definition) is 3. The summed E-state index contributed by atoms with van der Waals surface area (Å²) in [5.74, 6) is -0.642. The molecule has 0 aliphatic rings. The summed E-state index contributed by atoms with van der Waals surface area (Å²) in [7, 11) is 0. The molecule has 0 saturated heterocycles. The molecule has 3 rings (SSSR count). The lowest BCUT2D eigenvalue weighted by Gasteiger charge is -2.12. The molecule has 1 aromatic heterocycles. The summed E-state index contributed by atoms with van der Waals surface area (Å²) in [5, 5.41) is 14.2. The summed E-state index contributed by atoms with van der Waals surface area (Å²) >= 11 is 5.93. The van der Waals surface area contributed by atoms with Crippen molar-refractivity contribution in [2.45, 2.75) is 12.5 Å². The highest BCUT2D eigenvalue weighted by molar-refractivity contribution is 6.31. The van der Waals surface area contributed by atoms with Crippen LogP contribution in [0.1, 0.15) is 17.2 Å². The first kappa shape index (κ1) is 16.5. The number of carbonyl (C=O) groups is 1. The van der Waals surface area contributed by atoms with Gasteiger partial charge in [0.15, 0.2) is 0 Å². The normalized spacial score (nSPS) is 12.3. The lowest BCUT2D eigenvalue weighted by atomic mass is 10.1. The molecule has 1 heterocycles. The lowest BCUT2D eigenvalue weighted by molar-refractivity contribution is -0.120. The fourth-order valence-corrected chi connectivity index (χ4v) is 2.75. The topological polar surface area (TPSA) is 65.1 Å². The molecule has 24 heavy (non-hydrogen) atoms. The number of hydrogen-bond acceptors (Lipinski definition) is 2. The van der Waals surface area contributed by atoms with Crippen LogP contribution in [0.2, 0.25) is 5.02 Å². The SMILES string of the molecule is O=C(Cc1c[nH]c2cc(Cl)ccc12)NC[C@H](O)c1cccc(F)c1. The van der Waals surface area contributed by atoms with Crippen LogP contribution in [0.15, 0.2) is 48.7 Å². The largest absolute Gasteiger partial charge is 0.387 e. The molecule has 1 atom stereocenters. The van der Waals surface area contributed by atoms with E-state index in [0.717, 1.165) is 16.5 Å². The van der Waals surface area contributed by atoms with Crippen LogP contribution >= 0.6 is 11.6 Å². The monoisotopic (exact) mass is 346 g/mol. The zero-order valence-corrected chi connectivity index (χ0v) is 13.5. The van der Waals surface area contributed by atoms with Crippen molar-refractivity contribution in [1.29, 1.82) is 0 Å². The fourth-order valence-electron chi connectivity index (χ4n) is 2.58. The Labute approximate surface area is 143 Å². The highest BCUT2D eigenvalue weighted by Gasteiger charge is 2.12. The molecule has 1 amide bonds. The summed E-state index contributed by atoms with van der Waals surface area (Å²) in [6.07, 6.45) is 0.993. The van der Waals surface area contributed by atoms with Gasteiger partial charge in [-0.15, -0.1) is 0 Å². The van der Waals surface area contributed by atoms with E-state index in [-0.39, 0.29) is 18.9 Å². The molecule has 0 bridgehead atoms. The van der Waals surface area contributed by atoms with Crippen molar-refractivity contribution < 1.29 is 14.3 Å². The standard InChI is InChI=1S/C18H16ClFN2O2/c19-13-4-5-15-12(9-21-16(15)8-13)7-18(24)22-10-17(23)11-2-1-3-14(20)6-11/h1-6,8-9,17,21,23H,7,10H2,(H,22,24)/t17-/m0/s1. The van der Waals surface area contributed by atoms with Crippen molar-refractivity contribution in [1.82, 2.24) is 10.3 Å². The number of carbonyl (C=O) groups excluding carboxylic acids is 1. The van der Waals surface area contributed by atoms with E-state index in [9.17, 15) is 14.3 Å². The number of amides is 1. The molecule has 4 nitrogen and oxygen atoms in total. The van der Waals surface area contributed by atoms with Gasteiger partial charge in [-0.25, -0.2) is 4.39 Å². The predicted molar refractivity (Wildman–Crippen MR) is 91.4 cm³/mol. The van der Waals surface area contributed by atoms with Crippen molar-refractivity contribution in [3.05, 3.63) is 70.6 Å². The van der Waals surface area contributed by atoms with Crippen molar-refractivity contribution >= 4 is 28.4 Å². The number of nitrogens with one attached hydrogen (secondary N) is 2. The van der Waals surface area contributed by atoms with Crippen LogP contribution in [0, 0.1) is 5.82 Å². The molecule has 124 valence electrons. The summed E-state index contributed by atoms with van der Waals surface area (Å²) in [5.41, 5.74) is 2.14. The number of H-pyrrole nitrogens is 1. The molecule has 6 heteroatoms. The molecule has 2 aromatic carbocycles. The van der Waals surface area contributed by atoms with Gasteiger partial charge in [0, 0.05) is 28.7 Å². The van der Waals surface area contributed by atoms with E-state index >= 15 is 0 Å². The summed E-state index contributed by atoms with van der Waals surface area (Å²) < 4.78 is 13.1. The third kappa shape index (κ3) is 3.75. The number of fused-ring (bicyclic) bond motifs is 1. The maximum atomic E-state index is 13.1. The Morgan fingerprint density at radius 1 is 1.29 bits per heavy atom. The van der Waals surface area contributed by atoms with Gasteiger partial charge in [-0.3, -0.25) is 4.79 Å².